The first-order valence-electron chi connectivity index (χ1n) is 9.93. The Kier molecular flexibility index (Phi) is 5.71. The number of ether oxygens (including phenoxy) is 2. The maximum absolute atomic E-state index is 9.15. The van der Waals surface area contributed by atoms with Crippen LogP contribution in [0, 0.1) is 11.5 Å². The van der Waals surface area contributed by atoms with E-state index in [0.29, 0.717) is 5.96 Å². The molecule has 2 aliphatic rings. The number of hydrogen-bond acceptors (Lipinski definition) is 6. The van der Waals surface area contributed by atoms with Crippen LogP contribution < -0.4 is 20.1 Å². The monoisotopic (exact) mass is 400 g/mol. The Balaban J connectivity index is 1.73. The lowest BCUT2D eigenvalue weighted by atomic mass is 9.84. The molecule has 2 aromatic rings. The van der Waals surface area contributed by atoms with E-state index in [-0.39, 0.29) is 6.04 Å². The number of methoxy groups -OCH3 is 2. The van der Waals surface area contributed by atoms with Crippen molar-refractivity contribution in [3.8, 4) is 17.7 Å². The van der Waals surface area contributed by atoms with E-state index in [1.54, 1.807) is 14.2 Å². The highest BCUT2D eigenvalue weighted by Gasteiger charge is 2.29. The summed E-state index contributed by atoms with van der Waals surface area (Å²) in [6.45, 7) is 0. The van der Waals surface area contributed by atoms with Gasteiger partial charge in [-0.25, -0.2) is 4.99 Å². The Labute approximate surface area is 176 Å². The van der Waals surface area contributed by atoms with E-state index in [4.69, 9.17) is 19.7 Å². The van der Waals surface area contributed by atoms with E-state index in [2.05, 4.69) is 16.7 Å². The number of hydrogen-bond donors (Lipinski definition) is 2. The molecule has 2 N–H and O–H groups in total. The summed E-state index contributed by atoms with van der Waals surface area (Å²) >= 11 is 0. The van der Waals surface area contributed by atoms with Crippen LogP contribution in [0.1, 0.15) is 36.4 Å². The maximum Gasteiger partial charge on any atom is 0.210 e. The molecule has 4 rings (SSSR count). The van der Waals surface area contributed by atoms with Gasteiger partial charge in [0, 0.05) is 5.70 Å². The first kappa shape index (κ1) is 19.6. The highest BCUT2D eigenvalue weighted by atomic mass is 16.5. The van der Waals surface area contributed by atoms with Gasteiger partial charge in [0.2, 0.25) is 5.96 Å². The van der Waals surface area contributed by atoms with Gasteiger partial charge < -0.3 is 14.8 Å². The zero-order valence-corrected chi connectivity index (χ0v) is 17.1. The van der Waals surface area contributed by atoms with Crippen molar-refractivity contribution < 1.29 is 9.47 Å². The van der Waals surface area contributed by atoms with Crippen LogP contribution in [0.2, 0.25) is 0 Å². The van der Waals surface area contributed by atoms with Crippen molar-refractivity contribution in [1.29, 1.82) is 5.26 Å². The number of nitrogens with zero attached hydrogens (tertiary/aromatic N) is 2. The molecular weight excluding hydrogens is 376 g/mol. The molecule has 0 fully saturated rings. The molecule has 1 aliphatic heterocycles. The van der Waals surface area contributed by atoms with E-state index < -0.39 is 0 Å². The first-order valence-corrected chi connectivity index (χ1v) is 9.93. The third-order valence-corrected chi connectivity index (χ3v) is 5.43. The number of nitriles is 1. The molecule has 1 heterocycles. The minimum absolute atomic E-state index is 0.137. The van der Waals surface area contributed by atoms with Crippen molar-refractivity contribution in [2.24, 2.45) is 4.99 Å². The molecule has 0 amide bonds. The van der Waals surface area contributed by atoms with Crippen LogP contribution in [0.15, 0.2) is 70.4 Å². The van der Waals surface area contributed by atoms with Gasteiger partial charge >= 0.3 is 0 Å². The average Bonchev–Trinajstić information content (AvgIpc) is 2.80. The standard InChI is InChI=1S/C24H24N4O2/c1-29-19-10-6-16(7-11-19)14-18-4-3-5-21-22(17-8-12-20(30-2)13-9-17)27-24(26-15-25)28-23(18)21/h6-14,22H,3-5H2,1-2H3,(H2,26,27,28)/b18-14+/t22-/m0/s1. The molecule has 0 aromatic heterocycles. The number of allylic oxidation sites excluding steroid dienone is 1. The van der Waals surface area contributed by atoms with Gasteiger partial charge in [-0.1, -0.05) is 24.3 Å². The van der Waals surface area contributed by atoms with Crippen LogP contribution in [0.4, 0.5) is 0 Å². The molecule has 1 atom stereocenters. The van der Waals surface area contributed by atoms with Crippen LogP contribution in [0.3, 0.4) is 0 Å². The minimum atomic E-state index is -0.137. The van der Waals surface area contributed by atoms with Crippen LogP contribution in [0.25, 0.3) is 6.08 Å². The molecule has 2 aromatic carbocycles. The largest absolute Gasteiger partial charge is 0.497 e. The lowest BCUT2D eigenvalue weighted by molar-refractivity contribution is 0.414. The summed E-state index contributed by atoms with van der Waals surface area (Å²) in [6, 6.07) is 15.8. The average molecular weight is 400 g/mol. The zero-order valence-electron chi connectivity index (χ0n) is 17.1. The molecule has 0 unspecified atom stereocenters. The Morgan fingerprint density at radius 3 is 2.33 bits per heavy atom. The molecule has 6 heteroatoms. The van der Waals surface area contributed by atoms with E-state index >= 15 is 0 Å². The van der Waals surface area contributed by atoms with E-state index in [0.717, 1.165) is 47.6 Å². The molecule has 0 saturated heterocycles. The van der Waals surface area contributed by atoms with Crippen molar-refractivity contribution in [3.63, 3.8) is 0 Å². The molecule has 0 saturated carbocycles. The second-order valence-electron chi connectivity index (χ2n) is 7.21. The van der Waals surface area contributed by atoms with Gasteiger partial charge in [-0.15, -0.1) is 0 Å². The SMILES string of the molecule is COc1ccc(/C=C2\CCCC3=C2NC(NC#N)=N[C@H]3c2ccc(OC)cc2)cc1. The Hall–Kier alpha value is -3.72. The highest BCUT2D eigenvalue weighted by molar-refractivity contribution is 5.86. The summed E-state index contributed by atoms with van der Waals surface area (Å²) in [4.78, 5) is 4.78. The molecule has 0 bridgehead atoms. The van der Waals surface area contributed by atoms with Gasteiger partial charge in [-0.3, -0.25) is 5.32 Å². The number of benzene rings is 2. The second-order valence-corrected chi connectivity index (χ2v) is 7.21. The third kappa shape index (κ3) is 4.01. The summed E-state index contributed by atoms with van der Waals surface area (Å²) in [5.41, 5.74) is 5.71. The first-order chi connectivity index (χ1) is 14.7. The van der Waals surface area contributed by atoms with Gasteiger partial charge in [-0.05, 0) is 71.9 Å². The highest BCUT2D eigenvalue weighted by Crippen LogP contribution is 2.40. The Morgan fingerprint density at radius 1 is 1.03 bits per heavy atom. The molecule has 1 aliphatic carbocycles. The van der Waals surface area contributed by atoms with Crippen LogP contribution in [-0.4, -0.2) is 20.2 Å². The topological polar surface area (TPSA) is 78.7 Å². The van der Waals surface area contributed by atoms with Crippen molar-refractivity contribution in [3.05, 3.63) is 76.5 Å². The zero-order chi connectivity index (χ0) is 20.9. The summed E-state index contributed by atoms with van der Waals surface area (Å²) in [5.74, 6) is 2.12. The summed E-state index contributed by atoms with van der Waals surface area (Å²) in [5, 5.41) is 15.2. The van der Waals surface area contributed by atoms with Crippen molar-refractivity contribution in [2.45, 2.75) is 25.3 Å². The number of rotatable bonds is 4. The molecule has 30 heavy (non-hydrogen) atoms. The normalized spacial score (nSPS) is 19.3. The van der Waals surface area contributed by atoms with Crippen LogP contribution in [-0.2, 0) is 0 Å². The van der Waals surface area contributed by atoms with Gasteiger partial charge in [-0.2, -0.15) is 5.26 Å². The minimum Gasteiger partial charge on any atom is -0.497 e. The number of aliphatic imine (C=N–C) groups is 1. The molecule has 0 spiro atoms. The lowest BCUT2D eigenvalue weighted by Crippen LogP contribution is -2.39. The predicted molar refractivity (Wildman–Crippen MR) is 117 cm³/mol. The van der Waals surface area contributed by atoms with E-state index in [1.807, 2.05) is 54.7 Å². The maximum atomic E-state index is 9.15. The summed E-state index contributed by atoms with van der Waals surface area (Å²) < 4.78 is 10.5. The fourth-order valence-corrected chi connectivity index (χ4v) is 3.94. The lowest BCUT2D eigenvalue weighted by Gasteiger charge is -2.32. The quantitative estimate of drug-likeness (QED) is 0.591. The van der Waals surface area contributed by atoms with E-state index in [1.165, 1.54) is 11.1 Å². The fraction of sp³-hybridized carbons (Fsp3) is 0.250. The van der Waals surface area contributed by atoms with Crippen LogP contribution in [0.5, 0.6) is 11.5 Å². The predicted octanol–water partition coefficient (Wildman–Crippen LogP) is 4.30. The summed E-state index contributed by atoms with van der Waals surface area (Å²) in [7, 11) is 3.32. The third-order valence-electron chi connectivity index (χ3n) is 5.43. The van der Waals surface area contributed by atoms with Crippen molar-refractivity contribution in [1.82, 2.24) is 10.6 Å². The van der Waals surface area contributed by atoms with Gasteiger partial charge in [0.1, 0.15) is 17.5 Å². The van der Waals surface area contributed by atoms with Crippen molar-refractivity contribution >= 4 is 12.0 Å². The number of guanidine groups is 1. The number of nitrogens with one attached hydrogen (secondary N) is 2. The van der Waals surface area contributed by atoms with Gasteiger partial charge in [0.25, 0.3) is 0 Å². The molecular formula is C24H24N4O2. The second kappa shape index (κ2) is 8.75. The molecule has 6 nitrogen and oxygen atoms in total. The Morgan fingerprint density at radius 2 is 1.70 bits per heavy atom. The van der Waals surface area contributed by atoms with Gasteiger partial charge in [0.15, 0.2) is 6.19 Å². The van der Waals surface area contributed by atoms with E-state index in [9.17, 15) is 0 Å². The van der Waals surface area contributed by atoms with Crippen LogP contribution >= 0.6 is 0 Å². The van der Waals surface area contributed by atoms with Crippen molar-refractivity contribution in [2.75, 3.05) is 14.2 Å². The fourth-order valence-electron chi connectivity index (χ4n) is 3.94. The van der Waals surface area contributed by atoms with Gasteiger partial charge in [0.05, 0.1) is 14.2 Å². The molecule has 0 radical (unpaired) electrons. The molecule has 152 valence electrons. The smallest absolute Gasteiger partial charge is 0.210 e. The Bertz CT molecular complexity index is 1040. The summed E-state index contributed by atoms with van der Waals surface area (Å²) in [6.07, 6.45) is 7.16.